The van der Waals surface area contributed by atoms with E-state index in [-0.39, 0.29) is 23.7 Å². The number of hydrogen-bond donors (Lipinski definition) is 2. The smallest absolute Gasteiger partial charge is 0.433 e. The second kappa shape index (κ2) is 10.4. The van der Waals surface area contributed by atoms with Crippen LogP contribution in [0.2, 0.25) is 0 Å². The van der Waals surface area contributed by atoms with Crippen molar-refractivity contribution in [3.8, 4) is 0 Å². The maximum absolute atomic E-state index is 15.1. The molecule has 3 heterocycles. The van der Waals surface area contributed by atoms with E-state index in [1.165, 1.54) is 17.0 Å². The zero-order valence-corrected chi connectivity index (χ0v) is 20.5. The number of amides is 1. The average Bonchev–Trinajstić information content (AvgIpc) is 3.39. The van der Waals surface area contributed by atoms with E-state index in [2.05, 4.69) is 15.5 Å². The number of nitro groups is 1. The minimum atomic E-state index is -0.552. The van der Waals surface area contributed by atoms with Crippen LogP contribution in [-0.2, 0) is 11.3 Å². The fraction of sp³-hybridized carbons (Fsp3) is 0.500. The van der Waals surface area contributed by atoms with E-state index >= 15 is 4.39 Å². The van der Waals surface area contributed by atoms with Gasteiger partial charge >= 0.3 is 12.0 Å². The number of nitrogens with zero attached hydrogens (tertiary/aromatic N) is 3. The molecule has 1 aromatic carbocycles. The molecule has 12 heteroatoms. The molecule has 1 saturated carbocycles. The van der Waals surface area contributed by atoms with Crippen molar-refractivity contribution >= 4 is 35.0 Å². The highest BCUT2D eigenvalue weighted by Crippen LogP contribution is 2.33. The first kappa shape index (κ1) is 24.4. The van der Waals surface area contributed by atoms with Crippen molar-refractivity contribution in [3.63, 3.8) is 0 Å². The molecule has 1 atom stereocenters. The Kier molecular flexibility index (Phi) is 7.06. The Morgan fingerprint density at radius 3 is 2.64 bits per heavy atom. The highest BCUT2D eigenvalue weighted by Gasteiger charge is 2.33. The number of ether oxygens (including phenoxy) is 1. The SMILES string of the molecule is O=C1O[C@@H](CNC(=S)NC2CC2)CN1c1ccc(C2CCN(Cc3ccc([N+](=O)[O-])o3)CC2)c(F)c1. The molecule has 0 bridgehead atoms. The number of anilines is 1. The Hall–Kier alpha value is -3.25. The summed E-state index contributed by atoms with van der Waals surface area (Å²) < 4.78 is 25.8. The van der Waals surface area contributed by atoms with Crippen LogP contribution in [0.15, 0.2) is 34.7 Å². The fourth-order valence-electron chi connectivity index (χ4n) is 4.70. The van der Waals surface area contributed by atoms with Gasteiger partial charge in [-0.05, 0) is 80.7 Å². The monoisotopic (exact) mass is 517 g/mol. The molecule has 0 spiro atoms. The van der Waals surface area contributed by atoms with Crippen molar-refractivity contribution < 1.29 is 23.3 Å². The van der Waals surface area contributed by atoms with Crippen molar-refractivity contribution in [1.29, 1.82) is 0 Å². The van der Waals surface area contributed by atoms with Gasteiger partial charge in [0.15, 0.2) is 5.11 Å². The number of hydrogen-bond acceptors (Lipinski definition) is 7. The van der Waals surface area contributed by atoms with E-state index in [4.69, 9.17) is 21.4 Å². The van der Waals surface area contributed by atoms with E-state index in [0.29, 0.717) is 47.8 Å². The van der Waals surface area contributed by atoms with Crippen molar-refractivity contribution in [2.24, 2.45) is 0 Å². The standard InChI is InChI=1S/C24H28FN5O5S/c25-21-11-17(29-14-19(35-24(29)31)12-26-23(36)27-16-1-2-16)3-5-20(21)15-7-9-28(10-8-15)13-18-4-6-22(34-18)30(32)33/h3-6,11,15-16,19H,1-2,7-10,12-14H2,(H2,26,27,36)/t19-/m0/s1. The number of benzene rings is 1. The average molecular weight is 518 g/mol. The summed E-state index contributed by atoms with van der Waals surface area (Å²) in [4.78, 5) is 26.2. The molecule has 5 rings (SSSR count). The molecule has 1 aliphatic carbocycles. The van der Waals surface area contributed by atoms with Crippen LogP contribution in [0, 0.1) is 15.9 Å². The zero-order chi connectivity index (χ0) is 25.2. The first-order valence-corrected chi connectivity index (χ1v) is 12.5. The molecule has 1 aromatic heterocycles. The number of likely N-dealkylation sites (tertiary alicyclic amines) is 1. The first-order chi connectivity index (χ1) is 17.4. The highest BCUT2D eigenvalue weighted by atomic mass is 32.1. The van der Waals surface area contributed by atoms with Gasteiger partial charge in [-0.1, -0.05) is 6.07 Å². The Morgan fingerprint density at radius 2 is 1.97 bits per heavy atom. The number of thiocarbonyl (C=S) groups is 1. The molecule has 2 saturated heterocycles. The number of nitrogens with one attached hydrogen (secondary N) is 2. The second-order valence-electron chi connectivity index (χ2n) is 9.50. The second-order valence-corrected chi connectivity index (χ2v) is 9.91. The van der Waals surface area contributed by atoms with Gasteiger partial charge in [-0.3, -0.25) is 19.9 Å². The van der Waals surface area contributed by atoms with Gasteiger partial charge in [0.25, 0.3) is 0 Å². The number of halogens is 1. The molecule has 0 unspecified atom stereocenters. The van der Waals surface area contributed by atoms with Crippen LogP contribution in [-0.4, -0.2) is 59.4 Å². The topological polar surface area (TPSA) is 113 Å². The number of furan rings is 1. The molecule has 1 amide bonds. The third-order valence-corrected chi connectivity index (χ3v) is 7.07. The summed E-state index contributed by atoms with van der Waals surface area (Å²) in [6.07, 6.45) is 2.88. The Morgan fingerprint density at radius 1 is 1.19 bits per heavy atom. The Labute approximate surface area is 212 Å². The minimum Gasteiger partial charge on any atom is -0.442 e. The summed E-state index contributed by atoms with van der Waals surface area (Å²) >= 11 is 5.24. The van der Waals surface area contributed by atoms with Gasteiger partial charge in [-0.25, -0.2) is 9.18 Å². The maximum atomic E-state index is 15.1. The van der Waals surface area contributed by atoms with Gasteiger partial charge in [0, 0.05) is 6.04 Å². The molecule has 10 nitrogen and oxygen atoms in total. The molecule has 0 radical (unpaired) electrons. The summed E-state index contributed by atoms with van der Waals surface area (Å²) in [5.74, 6) is 0.00346. The normalized spacial score (nSPS) is 20.9. The Balaban J connectivity index is 1.13. The minimum absolute atomic E-state index is 0.0590. The maximum Gasteiger partial charge on any atom is 0.433 e. The number of cyclic esters (lactones) is 1. The summed E-state index contributed by atoms with van der Waals surface area (Å²) in [7, 11) is 0. The van der Waals surface area contributed by atoms with Crippen LogP contribution < -0.4 is 15.5 Å². The lowest BCUT2D eigenvalue weighted by Crippen LogP contribution is -2.41. The van der Waals surface area contributed by atoms with E-state index in [0.717, 1.165) is 38.8 Å². The van der Waals surface area contributed by atoms with Gasteiger partial charge in [0.05, 0.1) is 31.4 Å². The predicted molar refractivity (Wildman–Crippen MR) is 133 cm³/mol. The van der Waals surface area contributed by atoms with Gasteiger partial charge in [-0.15, -0.1) is 0 Å². The zero-order valence-electron chi connectivity index (χ0n) is 19.7. The van der Waals surface area contributed by atoms with Crippen molar-refractivity contribution in [2.75, 3.05) is 31.1 Å². The lowest BCUT2D eigenvalue weighted by molar-refractivity contribution is -0.402. The van der Waals surface area contributed by atoms with Gasteiger partial charge in [0.2, 0.25) is 0 Å². The molecule has 192 valence electrons. The van der Waals surface area contributed by atoms with E-state index in [1.54, 1.807) is 18.2 Å². The van der Waals surface area contributed by atoms with E-state index < -0.39 is 11.0 Å². The number of carbonyl (C=O) groups excluding carboxylic acids is 1. The van der Waals surface area contributed by atoms with E-state index in [1.807, 2.05) is 0 Å². The van der Waals surface area contributed by atoms with Gasteiger partial charge in [-0.2, -0.15) is 0 Å². The highest BCUT2D eigenvalue weighted by molar-refractivity contribution is 7.80. The summed E-state index contributed by atoms with van der Waals surface area (Å²) in [5, 5.41) is 17.6. The lowest BCUT2D eigenvalue weighted by atomic mass is 9.89. The molecule has 2 N–H and O–H groups in total. The largest absolute Gasteiger partial charge is 0.442 e. The van der Waals surface area contributed by atoms with Crippen molar-refractivity contribution in [3.05, 3.63) is 57.6 Å². The molecule has 2 aliphatic heterocycles. The van der Waals surface area contributed by atoms with Crippen LogP contribution in [0.3, 0.4) is 0 Å². The Bertz CT molecular complexity index is 1150. The fourth-order valence-corrected chi connectivity index (χ4v) is 4.95. The predicted octanol–water partition coefficient (Wildman–Crippen LogP) is 3.66. The molecule has 3 fully saturated rings. The number of carbonyl (C=O) groups is 1. The van der Waals surface area contributed by atoms with Crippen LogP contribution in [0.25, 0.3) is 0 Å². The van der Waals surface area contributed by atoms with Crippen LogP contribution in [0.5, 0.6) is 0 Å². The van der Waals surface area contributed by atoms with Crippen molar-refractivity contribution in [1.82, 2.24) is 15.5 Å². The van der Waals surface area contributed by atoms with E-state index in [9.17, 15) is 14.9 Å². The summed E-state index contributed by atoms with van der Waals surface area (Å²) in [6.45, 7) is 2.65. The number of piperidine rings is 1. The molecular weight excluding hydrogens is 489 g/mol. The van der Waals surface area contributed by atoms with Gasteiger partial charge in [0.1, 0.15) is 22.6 Å². The van der Waals surface area contributed by atoms with Crippen LogP contribution >= 0.6 is 12.2 Å². The molecular formula is C24H28FN5O5S. The molecule has 3 aliphatic rings. The van der Waals surface area contributed by atoms with Gasteiger partial charge < -0.3 is 19.8 Å². The summed E-state index contributed by atoms with van der Waals surface area (Å²) in [6, 6.07) is 8.35. The molecule has 2 aromatic rings. The first-order valence-electron chi connectivity index (χ1n) is 12.1. The summed E-state index contributed by atoms with van der Waals surface area (Å²) in [5.41, 5.74) is 1.11. The van der Waals surface area contributed by atoms with Crippen molar-refractivity contribution in [2.45, 2.75) is 50.3 Å². The quantitative estimate of drug-likeness (QED) is 0.308. The van der Waals surface area contributed by atoms with Crippen LogP contribution in [0.4, 0.5) is 20.8 Å². The third kappa shape index (κ3) is 5.76. The van der Waals surface area contributed by atoms with Crippen LogP contribution in [0.1, 0.15) is 42.9 Å². The third-order valence-electron chi connectivity index (χ3n) is 6.81. The number of rotatable bonds is 8. The lowest BCUT2D eigenvalue weighted by Gasteiger charge is -2.31. The molecule has 36 heavy (non-hydrogen) atoms.